The van der Waals surface area contributed by atoms with E-state index in [1.165, 1.54) is 5.69 Å². The second-order valence-corrected chi connectivity index (χ2v) is 5.23. The minimum atomic E-state index is -0.833. The molecule has 30 heavy (non-hydrogen) atoms. The molecule has 0 aliphatic rings. The van der Waals surface area contributed by atoms with E-state index in [2.05, 4.69) is 34.5 Å². The van der Waals surface area contributed by atoms with E-state index in [-0.39, 0.29) is 12.4 Å². The average molecular weight is 456 g/mol. The Balaban J connectivity index is -0.000000102. The van der Waals surface area contributed by atoms with Gasteiger partial charge >= 0.3 is 0 Å². The standard InChI is InChI=1S/C10H17N3.4C2H4O2.ClH/c1-13(2)10-5-3-9(4-6-10)12-8-7-11;4*1-2(3)4;/h3-6,12H,7-8,11H2,1-2H3;4*1H3,(H,3,4);1H. The lowest BCUT2D eigenvalue weighted by atomic mass is 10.2. The van der Waals surface area contributed by atoms with Gasteiger partial charge in [-0.3, -0.25) is 19.2 Å². The lowest BCUT2D eigenvalue weighted by Crippen LogP contribution is -2.13. The number of anilines is 2. The highest BCUT2D eigenvalue weighted by Crippen LogP contribution is 2.14. The van der Waals surface area contributed by atoms with E-state index in [0.717, 1.165) is 39.9 Å². The molecule has 0 aliphatic heterocycles. The van der Waals surface area contributed by atoms with E-state index in [4.69, 9.17) is 45.3 Å². The molecule has 0 bridgehead atoms. The molecule has 0 saturated heterocycles. The smallest absolute Gasteiger partial charge is 0.300 e. The van der Waals surface area contributed by atoms with Gasteiger partial charge in [0.2, 0.25) is 0 Å². The predicted molar refractivity (Wildman–Crippen MR) is 119 cm³/mol. The number of nitrogens with two attached hydrogens (primary N) is 1. The molecule has 0 atom stereocenters. The summed E-state index contributed by atoms with van der Waals surface area (Å²) < 4.78 is 0. The first-order chi connectivity index (χ1) is 13.2. The molecule has 0 aromatic heterocycles. The molecule has 0 unspecified atom stereocenters. The molecule has 0 aliphatic carbocycles. The van der Waals surface area contributed by atoms with Gasteiger partial charge in [-0.05, 0) is 24.3 Å². The molecule has 0 fully saturated rings. The summed E-state index contributed by atoms with van der Waals surface area (Å²) in [5.41, 5.74) is 7.71. The fourth-order valence-corrected chi connectivity index (χ4v) is 1.09. The van der Waals surface area contributed by atoms with Crippen molar-refractivity contribution in [1.29, 1.82) is 0 Å². The number of rotatable bonds is 4. The van der Waals surface area contributed by atoms with Crippen LogP contribution in [0.2, 0.25) is 0 Å². The Morgan fingerprint density at radius 2 is 1.07 bits per heavy atom. The molecule has 176 valence electrons. The molecule has 1 aromatic carbocycles. The maximum absolute atomic E-state index is 9.00. The second-order valence-electron chi connectivity index (χ2n) is 5.23. The molecule has 0 spiro atoms. The van der Waals surface area contributed by atoms with Crippen molar-refractivity contribution in [3.63, 3.8) is 0 Å². The Hall–Kier alpha value is -3.05. The van der Waals surface area contributed by atoms with Crippen LogP contribution in [0.25, 0.3) is 0 Å². The van der Waals surface area contributed by atoms with Crippen molar-refractivity contribution in [2.75, 3.05) is 37.4 Å². The van der Waals surface area contributed by atoms with E-state index in [1.807, 2.05) is 14.1 Å². The fraction of sp³-hybridized carbons (Fsp3) is 0.444. The SMILES string of the molecule is CC(=O)O.CC(=O)O.CC(=O)O.CC(=O)O.CN(C)c1ccc(NCCN)cc1.Cl. The highest BCUT2D eigenvalue weighted by molar-refractivity contribution is 5.85. The van der Waals surface area contributed by atoms with Crippen LogP contribution in [0.1, 0.15) is 27.7 Å². The van der Waals surface area contributed by atoms with Gasteiger partial charge in [-0.15, -0.1) is 12.4 Å². The minimum absolute atomic E-state index is 0. The first-order valence-electron chi connectivity index (χ1n) is 8.16. The van der Waals surface area contributed by atoms with E-state index < -0.39 is 23.9 Å². The van der Waals surface area contributed by atoms with Crippen LogP contribution < -0.4 is 16.0 Å². The Morgan fingerprint density at radius 1 is 0.800 bits per heavy atom. The maximum atomic E-state index is 9.00. The molecule has 0 heterocycles. The van der Waals surface area contributed by atoms with Gasteiger partial charge in [0.15, 0.2) is 0 Å². The van der Waals surface area contributed by atoms with Gasteiger partial charge in [-0.2, -0.15) is 0 Å². The summed E-state index contributed by atoms with van der Waals surface area (Å²) in [6.45, 7) is 5.82. The Morgan fingerprint density at radius 3 is 1.27 bits per heavy atom. The molecular weight excluding hydrogens is 422 g/mol. The molecule has 1 aromatic rings. The number of hydrogen-bond donors (Lipinski definition) is 6. The van der Waals surface area contributed by atoms with Gasteiger partial charge in [0.25, 0.3) is 23.9 Å². The number of hydrogen-bond acceptors (Lipinski definition) is 7. The summed E-state index contributed by atoms with van der Waals surface area (Å²) in [5.74, 6) is -3.33. The third-order valence-corrected chi connectivity index (χ3v) is 1.86. The number of carboxylic acids is 4. The van der Waals surface area contributed by atoms with Gasteiger partial charge in [-0.25, -0.2) is 0 Å². The van der Waals surface area contributed by atoms with Crippen LogP contribution in [-0.4, -0.2) is 71.5 Å². The van der Waals surface area contributed by atoms with Crippen molar-refractivity contribution >= 4 is 47.7 Å². The number of nitrogens with one attached hydrogen (secondary N) is 1. The number of benzene rings is 1. The third-order valence-electron chi connectivity index (χ3n) is 1.86. The van der Waals surface area contributed by atoms with E-state index in [0.29, 0.717) is 6.54 Å². The van der Waals surface area contributed by atoms with Crippen LogP contribution in [-0.2, 0) is 19.2 Å². The summed E-state index contributed by atoms with van der Waals surface area (Å²) in [4.78, 5) is 38.1. The first kappa shape index (κ1) is 37.7. The lowest BCUT2D eigenvalue weighted by molar-refractivity contribution is -0.135. The molecule has 7 N–H and O–H groups in total. The van der Waals surface area contributed by atoms with Crippen molar-refractivity contribution in [3.8, 4) is 0 Å². The number of aliphatic carboxylic acids is 4. The second kappa shape index (κ2) is 26.0. The summed E-state index contributed by atoms with van der Waals surface area (Å²) in [7, 11) is 4.06. The summed E-state index contributed by atoms with van der Waals surface area (Å²) in [6.07, 6.45) is 0. The topological polar surface area (TPSA) is 190 Å². The van der Waals surface area contributed by atoms with E-state index in [9.17, 15) is 0 Å². The van der Waals surface area contributed by atoms with Gasteiger partial charge < -0.3 is 36.4 Å². The number of carbonyl (C=O) groups is 4. The third kappa shape index (κ3) is 64.0. The van der Waals surface area contributed by atoms with E-state index >= 15 is 0 Å². The Kier molecular flexibility index (Phi) is 32.6. The zero-order valence-corrected chi connectivity index (χ0v) is 18.9. The van der Waals surface area contributed by atoms with Gasteiger partial charge in [-0.1, -0.05) is 0 Å². The van der Waals surface area contributed by atoms with Gasteiger partial charge in [0, 0.05) is 66.3 Å². The van der Waals surface area contributed by atoms with Crippen molar-refractivity contribution in [1.82, 2.24) is 0 Å². The highest BCUT2D eigenvalue weighted by atomic mass is 35.5. The van der Waals surface area contributed by atoms with Crippen LogP contribution >= 0.6 is 12.4 Å². The molecule has 0 radical (unpaired) electrons. The normalized spacial score (nSPS) is 7.57. The molecule has 11 nitrogen and oxygen atoms in total. The molecular formula is C18H34ClN3O8. The molecule has 0 saturated carbocycles. The zero-order valence-electron chi connectivity index (χ0n) is 18.1. The largest absolute Gasteiger partial charge is 0.481 e. The van der Waals surface area contributed by atoms with E-state index in [1.54, 1.807) is 0 Å². The van der Waals surface area contributed by atoms with Crippen LogP contribution in [0, 0.1) is 0 Å². The van der Waals surface area contributed by atoms with Crippen molar-refractivity contribution < 1.29 is 39.6 Å². The predicted octanol–water partition coefficient (Wildman–Crippen LogP) is 1.91. The Bertz CT molecular complexity index is 517. The van der Waals surface area contributed by atoms with Crippen molar-refractivity contribution in [2.45, 2.75) is 27.7 Å². The van der Waals surface area contributed by atoms with Crippen LogP contribution in [0.15, 0.2) is 24.3 Å². The molecule has 1 rings (SSSR count). The maximum Gasteiger partial charge on any atom is 0.300 e. The average Bonchev–Trinajstić information content (AvgIpc) is 2.51. The van der Waals surface area contributed by atoms with Crippen LogP contribution in [0.4, 0.5) is 11.4 Å². The summed E-state index contributed by atoms with van der Waals surface area (Å²) >= 11 is 0. The zero-order chi connectivity index (χ0) is 24.0. The number of nitrogens with zero attached hydrogens (tertiary/aromatic N) is 1. The number of carboxylic acid groups (broad SMARTS) is 4. The van der Waals surface area contributed by atoms with Crippen molar-refractivity contribution in [3.05, 3.63) is 24.3 Å². The first-order valence-corrected chi connectivity index (χ1v) is 8.16. The van der Waals surface area contributed by atoms with Crippen molar-refractivity contribution in [2.24, 2.45) is 5.73 Å². The molecule has 0 amide bonds. The number of halogens is 1. The van der Waals surface area contributed by atoms with Gasteiger partial charge in [0.05, 0.1) is 0 Å². The highest BCUT2D eigenvalue weighted by Gasteiger charge is 1.94. The minimum Gasteiger partial charge on any atom is -0.481 e. The van der Waals surface area contributed by atoms with Crippen LogP contribution in [0.5, 0.6) is 0 Å². The fourth-order valence-electron chi connectivity index (χ4n) is 1.09. The summed E-state index contributed by atoms with van der Waals surface area (Å²) in [5, 5.41) is 32.9. The van der Waals surface area contributed by atoms with Crippen LogP contribution in [0.3, 0.4) is 0 Å². The molecule has 12 heteroatoms. The quantitative estimate of drug-likeness (QED) is 0.388. The summed E-state index contributed by atoms with van der Waals surface area (Å²) in [6, 6.07) is 8.29. The monoisotopic (exact) mass is 455 g/mol. The van der Waals surface area contributed by atoms with Gasteiger partial charge in [0.1, 0.15) is 0 Å². The lowest BCUT2D eigenvalue weighted by Gasteiger charge is -2.13. The Labute approximate surface area is 182 Å².